The number of nitrogens with zero attached hydrogens (tertiary/aromatic N) is 2. The maximum Gasteiger partial charge on any atom is 0.351 e. The summed E-state index contributed by atoms with van der Waals surface area (Å²) in [7, 11) is -3.67. The van der Waals surface area contributed by atoms with Crippen LogP contribution in [0.3, 0.4) is 0 Å². The van der Waals surface area contributed by atoms with Gasteiger partial charge in [-0.3, -0.25) is 13.9 Å². The molecule has 30 heavy (non-hydrogen) atoms. The van der Waals surface area contributed by atoms with Crippen LogP contribution in [0.1, 0.15) is 26.5 Å². The molecule has 0 unspecified atom stereocenters. The Hall–Kier alpha value is -2.10. The van der Waals surface area contributed by atoms with E-state index in [9.17, 15) is 28.2 Å². The lowest BCUT2D eigenvalue weighted by atomic mass is 10.0. The van der Waals surface area contributed by atoms with Gasteiger partial charge in [-0.2, -0.15) is 13.4 Å². The van der Waals surface area contributed by atoms with E-state index < -0.39 is 52.4 Å². The fourth-order valence-electron chi connectivity index (χ4n) is 2.46. The number of hydrogen-bond acceptors (Lipinski definition) is 11. The number of nitrogen functional groups attached to an aromatic ring is 1. The molecule has 1 aromatic heterocycles. The molecule has 0 radical (unpaired) electrons. The topological polar surface area (TPSA) is 217 Å². The number of aliphatic hydroxyl groups excluding tert-OH is 2. The normalized spacial score (nSPS) is 25.7. The minimum absolute atomic E-state index is 0.0267. The number of aliphatic hydroxyl groups is 2. The quantitative estimate of drug-likeness (QED) is 0.231. The summed E-state index contributed by atoms with van der Waals surface area (Å²) in [6.07, 6.45) is -2.17. The zero-order chi connectivity index (χ0) is 23.2. The number of anilines is 1. The SMILES string of the molecule is CC[C@@H](C)[C@@H](N)C(=O)OC[C@H]1O[C@@H](n2ccc(N)nc2=O)[C@@H](O)[C@@H]1O.CS(=O)(=O)O. The zero-order valence-corrected chi connectivity index (χ0v) is 17.6. The van der Waals surface area contributed by atoms with Crippen LogP contribution in [0.15, 0.2) is 17.1 Å². The first-order chi connectivity index (χ1) is 13.8. The molecule has 0 aromatic carbocycles. The second-order valence-electron chi connectivity index (χ2n) is 6.86. The first-order valence-corrected chi connectivity index (χ1v) is 10.8. The van der Waals surface area contributed by atoms with E-state index in [0.29, 0.717) is 12.7 Å². The number of ether oxygens (including phenoxy) is 2. The molecule has 1 fully saturated rings. The molecular formula is C16H28N4O9S. The third-order valence-corrected chi connectivity index (χ3v) is 4.38. The van der Waals surface area contributed by atoms with Gasteiger partial charge in [0.2, 0.25) is 0 Å². The van der Waals surface area contributed by atoms with Crippen molar-refractivity contribution in [1.29, 1.82) is 0 Å². The summed E-state index contributed by atoms with van der Waals surface area (Å²) in [5.41, 5.74) is 10.5. The van der Waals surface area contributed by atoms with Gasteiger partial charge in [0.05, 0.1) is 6.26 Å². The highest BCUT2D eigenvalue weighted by Gasteiger charge is 2.44. The summed E-state index contributed by atoms with van der Waals surface area (Å²) in [6.45, 7) is 3.43. The number of carbonyl (C=O) groups excluding carboxylic acids is 1. The largest absolute Gasteiger partial charge is 0.462 e. The summed E-state index contributed by atoms with van der Waals surface area (Å²) in [5, 5.41) is 20.2. The van der Waals surface area contributed by atoms with Gasteiger partial charge in [0.1, 0.15) is 36.8 Å². The summed E-state index contributed by atoms with van der Waals surface area (Å²) in [6, 6.07) is 0.579. The van der Waals surface area contributed by atoms with Crippen LogP contribution in [0.4, 0.5) is 5.82 Å². The fourth-order valence-corrected chi connectivity index (χ4v) is 2.46. The molecule has 1 aliphatic rings. The van der Waals surface area contributed by atoms with Gasteiger partial charge in [-0.15, -0.1) is 0 Å². The standard InChI is InChI=1S/C15H24N4O6.CH4O3S/c1-3-7(2)10(17)14(22)24-6-8-11(20)12(21)13(25-8)19-5-4-9(16)18-15(19)23;1-5(2,3)4/h4-5,7-8,10-13,20-21H,3,6,17H2,1-2H3,(H2,16,18,23);1H3,(H,2,3,4)/t7-,8-,10-,11-,12+,13-;/m1./s1. The predicted octanol–water partition coefficient (Wildman–Crippen LogP) is -2.13. The van der Waals surface area contributed by atoms with E-state index in [1.165, 1.54) is 12.3 Å². The van der Waals surface area contributed by atoms with E-state index in [4.69, 9.17) is 25.5 Å². The maximum atomic E-state index is 11.9. The molecule has 7 N–H and O–H groups in total. The van der Waals surface area contributed by atoms with E-state index >= 15 is 0 Å². The number of esters is 1. The van der Waals surface area contributed by atoms with E-state index in [1.807, 2.05) is 13.8 Å². The molecule has 0 amide bonds. The Morgan fingerprint density at radius 2 is 1.97 bits per heavy atom. The second kappa shape index (κ2) is 10.8. The number of rotatable bonds is 6. The van der Waals surface area contributed by atoms with Crippen molar-refractivity contribution >= 4 is 21.9 Å². The minimum atomic E-state index is -3.67. The number of nitrogens with two attached hydrogens (primary N) is 2. The highest BCUT2D eigenvalue weighted by molar-refractivity contribution is 7.85. The van der Waals surface area contributed by atoms with E-state index in [1.54, 1.807) is 0 Å². The Morgan fingerprint density at radius 3 is 2.47 bits per heavy atom. The molecular weight excluding hydrogens is 424 g/mol. The van der Waals surface area contributed by atoms with Gasteiger partial charge in [-0.1, -0.05) is 20.3 Å². The van der Waals surface area contributed by atoms with Crippen molar-refractivity contribution in [2.45, 2.75) is 50.8 Å². The Labute approximate surface area is 173 Å². The number of carbonyl (C=O) groups is 1. The summed E-state index contributed by atoms with van der Waals surface area (Å²) in [5.74, 6) is -0.645. The lowest BCUT2D eigenvalue weighted by molar-refractivity contribution is -0.153. The van der Waals surface area contributed by atoms with Gasteiger partial charge < -0.3 is 31.2 Å². The average molecular weight is 452 g/mol. The van der Waals surface area contributed by atoms with Gasteiger partial charge in [-0.05, 0) is 12.0 Å². The fraction of sp³-hybridized carbons (Fsp3) is 0.688. The molecule has 172 valence electrons. The van der Waals surface area contributed by atoms with Gasteiger partial charge >= 0.3 is 11.7 Å². The number of hydrogen-bond donors (Lipinski definition) is 5. The highest BCUT2D eigenvalue weighted by Crippen LogP contribution is 2.28. The lowest BCUT2D eigenvalue weighted by Gasteiger charge is -2.19. The first-order valence-electron chi connectivity index (χ1n) is 8.97. The molecule has 1 aromatic rings. The first kappa shape index (κ1) is 25.9. The molecule has 2 rings (SSSR count). The van der Waals surface area contributed by atoms with Crippen LogP contribution in [-0.4, -0.2) is 75.9 Å². The van der Waals surface area contributed by atoms with Gasteiger partial charge in [0, 0.05) is 6.20 Å². The third kappa shape index (κ3) is 7.62. The molecule has 0 bridgehead atoms. The van der Waals surface area contributed by atoms with E-state index in [2.05, 4.69) is 4.98 Å². The summed E-state index contributed by atoms with van der Waals surface area (Å²) in [4.78, 5) is 27.3. The van der Waals surface area contributed by atoms with Crippen molar-refractivity contribution in [3.63, 3.8) is 0 Å². The third-order valence-electron chi connectivity index (χ3n) is 4.38. The van der Waals surface area contributed by atoms with Crippen LogP contribution < -0.4 is 17.2 Å². The van der Waals surface area contributed by atoms with Crippen molar-refractivity contribution in [2.75, 3.05) is 18.6 Å². The van der Waals surface area contributed by atoms with Gasteiger partial charge in [0.25, 0.3) is 10.1 Å². The van der Waals surface area contributed by atoms with Gasteiger partial charge in [0.15, 0.2) is 6.23 Å². The summed E-state index contributed by atoms with van der Waals surface area (Å²) >= 11 is 0. The van der Waals surface area contributed by atoms with Crippen molar-refractivity contribution in [2.24, 2.45) is 11.7 Å². The van der Waals surface area contributed by atoms with Crippen LogP contribution in [0.5, 0.6) is 0 Å². The molecule has 14 heteroatoms. The summed E-state index contributed by atoms with van der Waals surface area (Å²) < 4.78 is 37.4. The molecule has 6 atom stereocenters. The Morgan fingerprint density at radius 1 is 1.40 bits per heavy atom. The molecule has 2 heterocycles. The van der Waals surface area contributed by atoms with Crippen LogP contribution in [0, 0.1) is 5.92 Å². The van der Waals surface area contributed by atoms with Crippen LogP contribution in [-0.2, 0) is 24.4 Å². The second-order valence-corrected chi connectivity index (χ2v) is 8.33. The van der Waals surface area contributed by atoms with Crippen LogP contribution in [0.25, 0.3) is 0 Å². The Balaban J connectivity index is 0.000000804. The minimum Gasteiger partial charge on any atom is -0.462 e. The Kier molecular flexibility index (Phi) is 9.33. The highest BCUT2D eigenvalue weighted by atomic mass is 32.2. The van der Waals surface area contributed by atoms with Crippen LogP contribution >= 0.6 is 0 Å². The molecule has 13 nitrogen and oxygen atoms in total. The van der Waals surface area contributed by atoms with E-state index in [-0.39, 0.29) is 18.3 Å². The molecule has 1 aliphatic heterocycles. The smallest absolute Gasteiger partial charge is 0.351 e. The lowest BCUT2D eigenvalue weighted by Crippen LogP contribution is -2.41. The Bertz CT molecular complexity index is 868. The molecule has 0 saturated carbocycles. The monoisotopic (exact) mass is 452 g/mol. The van der Waals surface area contributed by atoms with Gasteiger partial charge in [-0.25, -0.2) is 4.79 Å². The van der Waals surface area contributed by atoms with Crippen molar-refractivity contribution in [3.8, 4) is 0 Å². The molecule has 1 saturated heterocycles. The van der Waals surface area contributed by atoms with Crippen molar-refractivity contribution in [3.05, 3.63) is 22.7 Å². The zero-order valence-electron chi connectivity index (χ0n) is 16.8. The molecule has 0 aliphatic carbocycles. The maximum absolute atomic E-state index is 11.9. The number of aromatic nitrogens is 2. The van der Waals surface area contributed by atoms with Crippen LogP contribution in [0.2, 0.25) is 0 Å². The van der Waals surface area contributed by atoms with E-state index in [0.717, 1.165) is 4.57 Å². The van der Waals surface area contributed by atoms with Crippen molar-refractivity contribution in [1.82, 2.24) is 9.55 Å². The molecule has 0 spiro atoms. The van der Waals surface area contributed by atoms with Crippen molar-refractivity contribution < 1.29 is 37.5 Å². The predicted molar refractivity (Wildman–Crippen MR) is 105 cm³/mol. The average Bonchev–Trinajstić information content (AvgIpc) is 2.91.